The van der Waals surface area contributed by atoms with E-state index in [0.29, 0.717) is 5.69 Å². The van der Waals surface area contributed by atoms with E-state index < -0.39 is 31.4 Å². The lowest BCUT2D eigenvalue weighted by Crippen LogP contribution is -2.52. The summed E-state index contributed by atoms with van der Waals surface area (Å²) < 4.78 is 5.09. The average molecular weight is 410 g/mol. The van der Waals surface area contributed by atoms with Gasteiger partial charge in [-0.2, -0.15) is 0 Å². The lowest BCUT2D eigenvalue weighted by molar-refractivity contribution is -0.127. The molecule has 2 atom stereocenters. The van der Waals surface area contributed by atoms with Crippen molar-refractivity contribution in [1.29, 1.82) is 0 Å². The first-order valence-electron chi connectivity index (χ1n) is 9.61. The molecule has 2 amide bonds. The molecule has 2 aromatic rings. The summed E-state index contributed by atoms with van der Waals surface area (Å²) in [6.45, 7) is 8.99. The number of carbonyl (C=O) groups excluding carboxylic acids is 2. The largest absolute Gasteiger partial charge is 0.635 e. The van der Waals surface area contributed by atoms with Gasteiger partial charge >= 0.3 is 7.32 Å². The first kappa shape index (κ1) is 23.3. The molecule has 2 aromatic carbocycles. The molecule has 0 saturated carbocycles. The van der Waals surface area contributed by atoms with E-state index >= 15 is 0 Å². The van der Waals surface area contributed by atoms with Crippen molar-refractivity contribution in [3.05, 3.63) is 77.9 Å². The van der Waals surface area contributed by atoms with Crippen LogP contribution in [0.1, 0.15) is 23.6 Å². The second kappa shape index (κ2) is 10.7. The van der Waals surface area contributed by atoms with E-state index in [9.17, 15) is 19.6 Å². The fraction of sp³-hybridized carbons (Fsp3) is 0.273. The predicted molar refractivity (Wildman–Crippen MR) is 116 cm³/mol. The summed E-state index contributed by atoms with van der Waals surface area (Å²) in [5, 5.41) is 21.2. The molecule has 0 bridgehead atoms. The summed E-state index contributed by atoms with van der Waals surface area (Å²) in [6, 6.07) is 13.7. The van der Waals surface area contributed by atoms with Crippen LogP contribution in [-0.4, -0.2) is 41.5 Å². The molecule has 2 rings (SSSR count). The van der Waals surface area contributed by atoms with Crippen LogP contribution >= 0.6 is 0 Å². The van der Waals surface area contributed by atoms with Crippen molar-refractivity contribution < 1.29 is 24.3 Å². The van der Waals surface area contributed by atoms with E-state index in [1.165, 1.54) is 4.90 Å². The first-order valence-corrected chi connectivity index (χ1v) is 9.61. The summed E-state index contributed by atoms with van der Waals surface area (Å²) in [5.41, 5.74) is 3.52. The van der Waals surface area contributed by atoms with Gasteiger partial charge in [0.1, 0.15) is 12.3 Å². The number of benzene rings is 2. The highest BCUT2D eigenvalue weighted by atomic mass is 16.6. The Bertz CT molecular complexity index is 888. The van der Waals surface area contributed by atoms with Crippen LogP contribution in [0.5, 0.6) is 0 Å². The summed E-state index contributed by atoms with van der Waals surface area (Å²) in [6.07, 6.45) is 0.360. The molecule has 0 heterocycles. The van der Waals surface area contributed by atoms with Crippen molar-refractivity contribution in [3.63, 3.8) is 0 Å². The minimum absolute atomic E-state index is 0.225. The zero-order chi connectivity index (χ0) is 22.3. The van der Waals surface area contributed by atoms with Crippen LogP contribution in [0.4, 0.5) is 5.69 Å². The topological polar surface area (TPSA) is 99.1 Å². The monoisotopic (exact) mass is 410 g/mol. The van der Waals surface area contributed by atoms with Gasteiger partial charge < -0.3 is 20.0 Å². The minimum Gasteiger partial charge on any atom is -0.402 e. The fourth-order valence-corrected chi connectivity index (χ4v) is 3.18. The normalized spacial score (nSPS) is 12.6. The number of para-hydroxylation sites is 1. The predicted octanol–water partition coefficient (Wildman–Crippen LogP) is 1.88. The summed E-state index contributed by atoms with van der Waals surface area (Å²) in [4.78, 5) is 26.6. The van der Waals surface area contributed by atoms with Gasteiger partial charge in [-0.3, -0.25) is 14.5 Å². The Morgan fingerprint density at radius 2 is 1.87 bits per heavy atom. The third-order valence-corrected chi connectivity index (χ3v) is 4.71. The number of carbonyl (C=O) groups is 2. The quantitative estimate of drug-likeness (QED) is 0.333. The molecule has 7 nitrogen and oxygen atoms in total. The van der Waals surface area contributed by atoms with Crippen LogP contribution in [0.15, 0.2) is 61.2 Å². The van der Waals surface area contributed by atoms with Crippen LogP contribution in [0.3, 0.4) is 0 Å². The highest BCUT2D eigenvalue weighted by molar-refractivity contribution is 6.32. The van der Waals surface area contributed by atoms with Crippen molar-refractivity contribution in [2.75, 3.05) is 4.90 Å². The van der Waals surface area contributed by atoms with Gasteiger partial charge in [0.25, 0.3) is 5.91 Å². The van der Waals surface area contributed by atoms with Gasteiger partial charge in [0, 0.05) is 12.1 Å². The number of hydrogen-bond donors (Lipinski definition) is 3. The third-order valence-electron chi connectivity index (χ3n) is 4.71. The molecule has 0 aromatic heterocycles. The molecule has 0 aliphatic carbocycles. The molecule has 0 saturated heterocycles. The smallest absolute Gasteiger partial charge is 0.402 e. The van der Waals surface area contributed by atoms with Crippen molar-refractivity contribution in [2.45, 2.75) is 39.5 Å². The Labute approximate surface area is 177 Å². The van der Waals surface area contributed by atoms with Gasteiger partial charge in [-0.25, -0.2) is 0 Å². The van der Waals surface area contributed by atoms with Crippen molar-refractivity contribution >= 4 is 24.8 Å². The number of nitrogens with one attached hydrogen (secondary N) is 1. The number of rotatable bonds is 9. The highest BCUT2D eigenvalue weighted by Crippen LogP contribution is 2.18. The Balaban J connectivity index is 2.22. The van der Waals surface area contributed by atoms with Crippen LogP contribution in [-0.2, 0) is 20.7 Å². The zero-order valence-electron chi connectivity index (χ0n) is 17.4. The maximum Gasteiger partial charge on any atom is 0.635 e. The van der Waals surface area contributed by atoms with Crippen molar-refractivity contribution in [2.24, 2.45) is 0 Å². The molecule has 0 unspecified atom stereocenters. The van der Waals surface area contributed by atoms with Gasteiger partial charge in [-0.05, 0) is 50.1 Å². The van der Waals surface area contributed by atoms with Gasteiger partial charge in [0.05, 0.1) is 0 Å². The second-order valence-corrected chi connectivity index (χ2v) is 7.02. The minimum atomic E-state index is -2.06. The Hall–Kier alpha value is -2.94. The maximum atomic E-state index is 12.9. The lowest BCUT2D eigenvalue weighted by atomic mass is 10.0. The van der Waals surface area contributed by atoms with E-state index in [1.54, 1.807) is 37.3 Å². The highest BCUT2D eigenvalue weighted by Gasteiger charge is 2.29. The van der Waals surface area contributed by atoms with E-state index in [-0.39, 0.29) is 6.42 Å². The van der Waals surface area contributed by atoms with E-state index in [1.807, 2.05) is 32.0 Å². The van der Waals surface area contributed by atoms with Crippen LogP contribution in [0.25, 0.3) is 0 Å². The van der Waals surface area contributed by atoms with E-state index in [2.05, 4.69) is 11.9 Å². The Kier molecular flexibility index (Phi) is 8.35. The molecule has 0 fully saturated rings. The molecule has 8 heteroatoms. The number of anilines is 1. The summed E-state index contributed by atoms with van der Waals surface area (Å²) >= 11 is 0. The second-order valence-electron chi connectivity index (χ2n) is 7.02. The zero-order valence-corrected chi connectivity index (χ0v) is 17.4. The van der Waals surface area contributed by atoms with Crippen molar-refractivity contribution in [1.82, 2.24) is 5.32 Å². The van der Waals surface area contributed by atoms with Crippen molar-refractivity contribution in [3.8, 4) is 0 Å². The third kappa shape index (κ3) is 6.28. The molecule has 0 radical (unpaired) electrons. The summed E-state index contributed by atoms with van der Waals surface area (Å²) in [7, 11) is -2.06. The molecule has 0 aliphatic heterocycles. The van der Waals surface area contributed by atoms with Gasteiger partial charge in [0.15, 0.2) is 0 Å². The molecule has 158 valence electrons. The Morgan fingerprint density at radius 1 is 1.20 bits per heavy atom. The number of hydrogen-bond acceptors (Lipinski definition) is 5. The SMILES string of the molecule is C=CC(=O)N(c1ccccc1)[C@@H](C)C(=O)N[C@@H](Cc1ccc(C)cc1C)OB(O)O. The van der Waals surface area contributed by atoms with Gasteiger partial charge in [-0.1, -0.05) is 48.5 Å². The molecular formula is C22H27BN2O5. The fourth-order valence-electron chi connectivity index (χ4n) is 3.18. The Morgan fingerprint density at radius 3 is 2.43 bits per heavy atom. The van der Waals surface area contributed by atoms with E-state index in [0.717, 1.165) is 22.8 Å². The average Bonchev–Trinajstić information content (AvgIpc) is 2.70. The van der Waals surface area contributed by atoms with Gasteiger partial charge in [0.2, 0.25) is 5.91 Å². The van der Waals surface area contributed by atoms with Crippen LogP contribution in [0.2, 0.25) is 0 Å². The standard InChI is InChI=1S/C22H27BN2O5/c1-5-21(26)25(19-9-7-6-8-10-19)17(4)22(27)24-20(30-23(28)29)14-18-12-11-15(2)13-16(18)3/h5-13,17,20,28-29H,1,14H2,2-4H3,(H,24,27)/t17-,20+/m0/s1. The molecule has 0 aliphatic rings. The maximum absolute atomic E-state index is 12.9. The number of aryl methyl sites for hydroxylation is 2. The molecule has 0 spiro atoms. The first-order chi connectivity index (χ1) is 14.2. The van der Waals surface area contributed by atoms with E-state index in [4.69, 9.17) is 4.65 Å². The number of nitrogens with zero attached hydrogens (tertiary/aromatic N) is 1. The van der Waals surface area contributed by atoms with Crippen LogP contribution in [0, 0.1) is 13.8 Å². The lowest BCUT2D eigenvalue weighted by Gasteiger charge is -2.29. The molecule has 30 heavy (non-hydrogen) atoms. The molecule has 3 N–H and O–H groups in total. The van der Waals surface area contributed by atoms with Crippen LogP contribution < -0.4 is 10.2 Å². The number of amides is 2. The van der Waals surface area contributed by atoms with Gasteiger partial charge in [-0.15, -0.1) is 0 Å². The summed E-state index contributed by atoms with van der Waals surface area (Å²) in [5.74, 6) is -0.942. The molecular weight excluding hydrogens is 383 g/mol.